The minimum absolute atomic E-state index is 0.372. The Kier molecular flexibility index (Phi) is 3.77. The van der Waals surface area contributed by atoms with Crippen molar-refractivity contribution in [2.75, 3.05) is 0 Å². The monoisotopic (exact) mass is 134 g/mol. The molecule has 0 fully saturated rings. The summed E-state index contributed by atoms with van der Waals surface area (Å²) < 4.78 is 0. The Bertz CT molecular complexity index is 62.7. The molecule has 0 spiro atoms. The molecule has 0 atom stereocenters. The molecule has 3 nitrogen and oxygen atoms in total. The molecule has 0 aliphatic heterocycles. The van der Waals surface area contributed by atoms with Gasteiger partial charge in [-0.1, -0.05) is 18.4 Å². The van der Waals surface area contributed by atoms with E-state index in [0.29, 0.717) is 0 Å². The molecule has 0 bridgehead atoms. The molecule has 0 aromatic rings. The third kappa shape index (κ3) is 4.39. The maximum Gasteiger partial charge on any atom is 0.101 e. The third-order valence-electron chi connectivity index (χ3n) is 1.11. The second kappa shape index (κ2) is 3.82. The molecule has 0 radical (unpaired) electrons. The fourth-order valence-corrected chi connectivity index (χ4v) is 0.745. The maximum atomic E-state index is 7.91. The summed E-state index contributed by atoms with van der Waals surface area (Å²) in [7, 11) is 0. The topological polar surface area (TPSA) is 38.7 Å². The summed E-state index contributed by atoms with van der Waals surface area (Å²) in [5.74, 6) is 0. The van der Waals surface area contributed by atoms with Gasteiger partial charge >= 0.3 is 0 Å². The minimum atomic E-state index is -0.372. The summed E-state index contributed by atoms with van der Waals surface area (Å²) in [5.41, 5.74) is -0.372. The van der Waals surface area contributed by atoms with Gasteiger partial charge in [0.1, 0.15) is 5.60 Å². The molecule has 0 saturated carbocycles. The molecule has 0 aliphatic carbocycles. The average molecular weight is 134 g/mol. The summed E-state index contributed by atoms with van der Waals surface area (Å²) in [4.78, 5) is 4.53. The van der Waals surface area contributed by atoms with Crippen molar-refractivity contribution in [1.82, 2.24) is 0 Å². The zero-order valence-corrected chi connectivity index (χ0v) is 6.18. The van der Waals surface area contributed by atoms with Crippen LogP contribution >= 0.6 is 0 Å². The van der Waals surface area contributed by atoms with Crippen LogP contribution in [0.2, 0.25) is 0 Å². The van der Waals surface area contributed by atoms with E-state index in [9.17, 15) is 0 Å². The average Bonchev–Trinajstić information content (AvgIpc) is 1.64. The lowest BCUT2D eigenvalue weighted by Crippen LogP contribution is -2.23. The normalized spacial score (nSPS) is 12.0. The van der Waals surface area contributed by atoms with Crippen molar-refractivity contribution in [1.29, 1.82) is 0 Å². The molecular weight excluding hydrogens is 120 g/mol. The predicted octanol–water partition coefficient (Wildman–Crippen LogP) is 1.99. The van der Waals surface area contributed by atoms with Crippen molar-refractivity contribution >= 4 is 0 Å². The summed E-state index contributed by atoms with van der Waals surface area (Å²) in [6.45, 7) is 5.75. The van der Waals surface area contributed by atoms with Gasteiger partial charge < -0.3 is 0 Å². The fourth-order valence-electron chi connectivity index (χ4n) is 0.745. The highest BCUT2D eigenvalue weighted by Gasteiger charge is 2.17. The van der Waals surface area contributed by atoms with Gasteiger partial charge in [0, 0.05) is 0 Å². The van der Waals surface area contributed by atoms with E-state index in [1.54, 1.807) is 0 Å². The van der Waals surface area contributed by atoms with Crippen LogP contribution in [-0.4, -0.2) is 10.9 Å². The first kappa shape index (κ1) is 8.88. The van der Waals surface area contributed by atoms with Gasteiger partial charge in [0.2, 0.25) is 0 Å². The van der Waals surface area contributed by atoms with E-state index in [0.717, 1.165) is 12.8 Å². The van der Waals surface area contributed by atoms with Gasteiger partial charge in [-0.15, -0.1) is 0 Å². The second-order valence-electron chi connectivity index (χ2n) is 2.67. The van der Waals surface area contributed by atoms with E-state index in [1.165, 1.54) is 0 Å². The van der Waals surface area contributed by atoms with E-state index in [-0.39, 0.29) is 5.60 Å². The van der Waals surface area contributed by atoms with Crippen LogP contribution in [0.5, 0.6) is 0 Å². The molecule has 0 aliphatic rings. The van der Waals surface area contributed by atoms with Crippen molar-refractivity contribution in [3.8, 4) is 0 Å². The molecule has 3 heteroatoms. The van der Waals surface area contributed by atoms with Crippen LogP contribution in [0.1, 0.15) is 33.6 Å². The largest absolute Gasteiger partial charge is 0.221 e. The van der Waals surface area contributed by atoms with E-state index in [2.05, 4.69) is 9.93 Å². The Labute approximate surface area is 55.4 Å². The van der Waals surface area contributed by atoms with Gasteiger partial charge in [-0.3, -0.25) is 0 Å². The summed E-state index contributed by atoms with van der Waals surface area (Å²) >= 11 is 0. The fraction of sp³-hybridized carbons (Fsp3) is 1.00. The molecule has 0 saturated heterocycles. The summed E-state index contributed by atoms with van der Waals surface area (Å²) in [6, 6.07) is 0. The molecular formula is C6H14O3. The van der Waals surface area contributed by atoms with Gasteiger partial charge in [-0.2, -0.15) is 0 Å². The first-order valence-corrected chi connectivity index (χ1v) is 3.11. The van der Waals surface area contributed by atoms with Crippen LogP contribution < -0.4 is 0 Å². The van der Waals surface area contributed by atoms with E-state index in [1.807, 2.05) is 20.8 Å². The lowest BCUT2D eigenvalue weighted by Gasteiger charge is -2.19. The van der Waals surface area contributed by atoms with Crippen molar-refractivity contribution in [2.45, 2.75) is 39.2 Å². The molecule has 0 aromatic heterocycles. The van der Waals surface area contributed by atoms with Crippen LogP contribution in [0.3, 0.4) is 0 Å². The van der Waals surface area contributed by atoms with Gasteiger partial charge in [-0.05, 0) is 20.3 Å². The van der Waals surface area contributed by atoms with Crippen LogP contribution in [0.25, 0.3) is 0 Å². The van der Waals surface area contributed by atoms with Gasteiger partial charge in [0.25, 0.3) is 0 Å². The minimum Gasteiger partial charge on any atom is -0.221 e. The molecule has 9 heavy (non-hydrogen) atoms. The Morgan fingerprint density at radius 2 is 2.00 bits per heavy atom. The third-order valence-corrected chi connectivity index (χ3v) is 1.11. The van der Waals surface area contributed by atoms with Crippen LogP contribution in [0.4, 0.5) is 0 Å². The maximum absolute atomic E-state index is 7.91. The predicted molar refractivity (Wildman–Crippen MR) is 33.8 cm³/mol. The van der Waals surface area contributed by atoms with Crippen molar-refractivity contribution < 1.29 is 15.2 Å². The highest BCUT2D eigenvalue weighted by molar-refractivity contribution is 4.64. The van der Waals surface area contributed by atoms with Crippen molar-refractivity contribution in [3.05, 3.63) is 0 Å². The van der Waals surface area contributed by atoms with Crippen LogP contribution in [0, 0.1) is 0 Å². The second-order valence-corrected chi connectivity index (χ2v) is 2.67. The van der Waals surface area contributed by atoms with E-state index in [4.69, 9.17) is 5.26 Å². The molecule has 0 rings (SSSR count). The van der Waals surface area contributed by atoms with Crippen molar-refractivity contribution in [2.24, 2.45) is 0 Å². The molecule has 1 N–H and O–H groups in total. The molecule has 56 valence electrons. The molecule has 0 amide bonds. The Morgan fingerprint density at radius 3 is 2.33 bits per heavy atom. The standard InChI is InChI=1S/C6H14O3/c1-4-5-6(2,3)8-9-7/h7H,4-5H2,1-3H3. The SMILES string of the molecule is CCCC(C)(C)OOO. The summed E-state index contributed by atoms with van der Waals surface area (Å²) in [5, 5.41) is 11.5. The van der Waals surface area contributed by atoms with E-state index >= 15 is 0 Å². The Morgan fingerprint density at radius 1 is 1.44 bits per heavy atom. The number of hydrogen-bond donors (Lipinski definition) is 1. The van der Waals surface area contributed by atoms with Crippen LogP contribution in [0.15, 0.2) is 0 Å². The van der Waals surface area contributed by atoms with Gasteiger partial charge in [0.05, 0.1) is 0 Å². The van der Waals surface area contributed by atoms with Gasteiger partial charge in [-0.25, -0.2) is 10.1 Å². The Balaban J connectivity index is 3.43. The van der Waals surface area contributed by atoms with Crippen LogP contribution in [-0.2, 0) is 9.93 Å². The first-order valence-electron chi connectivity index (χ1n) is 3.11. The quantitative estimate of drug-likeness (QED) is 0.472. The Hall–Kier alpha value is -0.120. The highest BCUT2D eigenvalue weighted by Crippen LogP contribution is 2.15. The lowest BCUT2D eigenvalue weighted by atomic mass is 10.0. The first-order chi connectivity index (χ1) is 4.12. The smallest absolute Gasteiger partial charge is 0.101 e. The lowest BCUT2D eigenvalue weighted by molar-refractivity contribution is -0.522. The number of rotatable bonds is 4. The van der Waals surface area contributed by atoms with Gasteiger partial charge in [0.15, 0.2) is 0 Å². The zero-order valence-electron chi connectivity index (χ0n) is 6.18. The number of hydrogen-bond acceptors (Lipinski definition) is 3. The molecule has 0 unspecified atom stereocenters. The highest BCUT2D eigenvalue weighted by atomic mass is 17.5. The van der Waals surface area contributed by atoms with Crippen molar-refractivity contribution in [3.63, 3.8) is 0 Å². The zero-order chi connectivity index (χ0) is 7.33. The van der Waals surface area contributed by atoms with E-state index < -0.39 is 0 Å². The summed E-state index contributed by atoms with van der Waals surface area (Å²) in [6.07, 6.45) is 1.88. The molecule has 0 aromatic carbocycles. The molecule has 0 heterocycles.